The molecule has 0 radical (unpaired) electrons. The highest BCUT2D eigenvalue weighted by molar-refractivity contribution is 9.10. The number of aromatic nitrogens is 2. The molecule has 3 rings (SSSR count). The van der Waals surface area contributed by atoms with Gasteiger partial charge in [0.15, 0.2) is 4.77 Å². The maximum Gasteiger partial charge on any atom is 0.222 e. The number of halogens is 1. The molecule has 0 spiro atoms. The second kappa shape index (κ2) is 3.96. The number of nitrogens with one attached hydrogen (secondary N) is 2. The molecule has 2 N–H and O–H groups in total. The average molecular weight is 312 g/mol. The first-order valence-electron chi connectivity index (χ1n) is 5.31. The number of carbonyl (C=O) groups is 1. The molecule has 2 aromatic rings. The number of imidazole rings is 1. The van der Waals surface area contributed by atoms with Crippen molar-refractivity contribution in [3.63, 3.8) is 0 Å². The molecule has 1 amide bonds. The van der Waals surface area contributed by atoms with Crippen molar-refractivity contribution in [2.45, 2.75) is 12.5 Å². The lowest BCUT2D eigenvalue weighted by Crippen LogP contribution is -2.15. The summed E-state index contributed by atoms with van der Waals surface area (Å²) in [4.78, 5) is 14.4. The van der Waals surface area contributed by atoms with Crippen molar-refractivity contribution in [1.29, 1.82) is 0 Å². The molecule has 0 bridgehead atoms. The third kappa shape index (κ3) is 1.81. The molecule has 0 saturated carbocycles. The first-order valence-corrected chi connectivity index (χ1v) is 6.52. The van der Waals surface area contributed by atoms with Crippen molar-refractivity contribution >= 4 is 45.1 Å². The van der Waals surface area contributed by atoms with Gasteiger partial charge >= 0.3 is 0 Å². The number of fused-ring (bicyclic) bond motifs is 1. The number of carbonyl (C=O) groups excluding carboxylic acids is 1. The van der Waals surface area contributed by atoms with Crippen molar-refractivity contribution < 1.29 is 4.79 Å². The lowest BCUT2D eigenvalue weighted by molar-refractivity contribution is -0.119. The summed E-state index contributed by atoms with van der Waals surface area (Å²) >= 11 is 8.78. The molecule has 2 heterocycles. The van der Waals surface area contributed by atoms with Crippen LogP contribution in [-0.4, -0.2) is 22.0 Å². The second-order valence-electron chi connectivity index (χ2n) is 4.12. The first kappa shape index (κ1) is 11.0. The summed E-state index contributed by atoms with van der Waals surface area (Å²) in [5.74, 6) is 0.0845. The average Bonchev–Trinajstić information content (AvgIpc) is 2.81. The van der Waals surface area contributed by atoms with Crippen LogP contribution in [-0.2, 0) is 4.79 Å². The van der Waals surface area contributed by atoms with Crippen LogP contribution < -0.4 is 5.32 Å². The number of benzene rings is 1. The number of amides is 1. The van der Waals surface area contributed by atoms with E-state index in [1.165, 1.54) is 0 Å². The highest BCUT2D eigenvalue weighted by Crippen LogP contribution is 2.25. The van der Waals surface area contributed by atoms with Gasteiger partial charge in [-0.3, -0.25) is 4.79 Å². The van der Waals surface area contributed by atoms with Gasteiger partial charge in [0.05, 0.1) is 17.1 Å². The molecule has 4 nitrogen and oxygen atoms in total. The zero-order valence-electron chi connectivity index (χ0n) is 8.87. The summed E-state index contributed by atoms with van der Waals surface area (Å²) in [6, 6.07) is 6.08. The minimum atomic E-state index is 0.0845. The van der Waals surface area contributed by atoms with Gasteiger partial charge in [-0.1, -0.05) is 15.9 Å². The number of rotatable bonds is 1. The molecule has 0 aliphatic carbocycles. The van der Waals surface area contributed by atoms with E-state index in [-0.39, 0.29) is 11.9 Å². The molecule has 1 aliphatic heterocycles. The number of nitrogens with zero attached hydrogens (tertiary/aromatic N) is 1. The van der Waals surface area contributed by atoms with Crippen molar-refractivity contribution in [2.75, 3.05) is 6.54 Å². The van der Waals surface area contributed by atoms with Gasteiger partial charge in [0.2, 0.25) is 5.91 Å². The van der Waals surface area contributed by atoms with Crippen LogP contribution in [0.1, 0.15) is 12.5 Å². The summed E-state index contributed by atoms with van der Waals surface area (Å²) in [7, 11) is 0. The van der Waals surface area contributed by atoms with E-state index in [0.29, 0.717) is 17.7 Å². The summed E-state index contributed by atoms with van der Waals surface area (Å²) in [5.41, 5.74) is 2.03. The summed E-state index contributed by atoms with van der Waals surface area (Å²) in [6.45, 7) is 0.645. The standard InChI is InChI=1S/C11H10BrN3OS/c12-6-1-2-8-9(3-6)15(11(17)14-8)7-4-10(16)13-5-7/h1-3,7H,4-5H2,(H,13,16)(H,14,17). The van der Waals surface area contributed by atoms with Gasteiger partial charge in [0.1, 0.15) is 0 Å². The molecule has 1 aliphatic rings. The zero-order chi connectivity index (χ0) is 12.0. The highest BCUT2D eigenvalue weighted by Gasteiger charge is 2.24. The SMILES string of the molecule is O=C1CC(n2c(=S)[nH]c3ccc(Br)cc32)CN1. The van der Waals surface area contributed by atoms with E-state index in [0.717, 1.165) is 15.5 Å². The highest BCUT2D eigenvalue weighted by atomic mass is 79.9. The fraction of sp³-hybridized carbons (Fsp3) is 0.273. The number of H-pyrrole nitrogens is 1. The van der Waals surface area contributed by atoms with E-state index >= 15 is 0 Å². The van der Waals surface area contributed by atoms with Gasteiger partial charge < -0.3 is 14.9 Å². The molecule has 6 heteroatoms. The van der Waals surface area contributed by atoms with Gasteiger partial charge in [-0.05, 0) is 30.4 Å². The third-order valence-corrected chi connectivity index (χ3v) is 3.79. The predicted molar refractivity (Wildman–Crippen MR) is 71.5 cm³/mol. The Morgan fingerprint density at radius 2 is 2.29 bits per heavy atom. The number of hydrogen-bond donors (Lipinski definition) is 2. The van der Waals surface area contributed by atoms with Gasteiger partial charge in [0.25, 0.3) is 0 Å². The van der Waals surface area contributed by atoms with E-state index in [4.69, 9.17) is 12.2 Å². The lowest BCUT2D eigenvalue weighted by atomic mass is 10.2. The van der Waals surface area contributed by atoms with Crippen LogP contribution in [0.25, 0.3) is 11.0 Å². The van der Waals surface area contributed by atoms with Gasteiger partial charge in [-0.2, -0.15) is 0 Å². The van der Waals surface area contributed by atoms with Crippen LogP contribution in [0.2, 0.25) is 0 Å². The normalized spacial score (nSPS) is 19.8. The molecule has 1 fully saturated rings. The number of aromatic amines is 1. The van der Waals surface area contributed by atoms with Gasteiger partial charge in [0, 0.05) is 17.4 Å². The van der Waals surface area contributed by atoms with E-state index in [1.54, 1.807) is 0 Å². The third-order valence-electron chi connectivity index (χ3n) is 3.00. The van der Waals surface area contributed by atoms with E-state index in [2.05, 4.69) is 26.2 Å². The van der Waals surface area contributed by atoms with Crippen LogP contribution in [0.3, 0.4) is 0 Å². The minimum absolute atomic E-state index is 0.0845. The lowest BCUT2D eigenvalue weighted by Gasteiger charge is -2.10. The summed E-state index contributed by atoms with van der Waals surface area (Å²) in [6.07, 6.45) is 0.494. The molecule has 1 aromatic heterocycles. The Labute approximate surface area is 111 Å². The summed E-state index contributed by atoms with van der Waals surface area (Å²) in [5, 5.41) is 2.83. The maximum absolute atomic E-state index is 11.3. The Balaban J connectivity index is 2.21. The van der Waals surface area contributed by atoms with Gasteiger partial charge in [-0.15, -0.1) is 0 Å². The smallest absolute Gasteiger partial charge is 0.222 e. The molecule has 1 saturated heterocycles. The van der Waals surface area contributed by atoms with Gasteiger partial charge in [-0.25, -0.2) is 0 Å². The van der Waals surface area contributed by atoms with Crippen LogP contribution >= 0.6 is 28.1 Å². The van der Waals surface area contributed by atoms with E-state index < -0.39 is 0 Å². The predicted octanol–water partition coefficient (Wildman–Crippen LogP) is 2.52. The molecule has 88 valence electrons. The monoisotopic (exact) mass is 311 g/mol. The number of hydrogen-bond acceptors (Lipinski definition) is 2. The second-order valence-corrected chi connectivity index (χ2v) is 5.43. The van der Waals surface area contributed by atoms with Crippen molar-refractivity contribution in [1.82, 2.24) is 14.9 Å². The van der Waals surface area contributed by atoms with Crippen LogP contribution in [0.15, 0.2) is 22.7 Å². The van der Waals surface area contributed by atoms with Crippen LogP contribution in [0, 0.1) is 4.77 Å². The molecular weight excluding hydrogens is 302 g/mol. The molecular formula is C11H10BrN3OS. The van der Waals surface area contributed by atoms with E-state index in [9.17, 15) is 4.79 Å². The zero-order valence-corrected chi connectivity index (χ0v) is 11.3. The van der Waals surface area contributed by atoms with Crippen molar-refractivity contribution in [2.24, 2.45) is 0 Å². The van der Waals surface area contributed by atoms with Crippen LogP contribution in [0.5, 0.6) is 0 Å². The molecule has 17 heavy (non-hydrogen) atoms. The van der Waals surface area contributed by atoms with Crippen molar-refractivity contribution in [3.8, 4) is 0 Å². The fourth-order valence-corrected chi connectivity index (χ4v) is 2.94. The van der Waals surface area contributed by atoms with E-state index in [1.807, 2.05) is 22.8 Å². The Hall–Kier alpha value is -1.14. The first-order chi connectivity index (χ1) is 8.15. The fourth-order valence-electron chi connectivity index (χ4n) is 2.23. The molecule has 1 aromatic carbocycles. The summed E-state index contributed by atoms with van der Waals surface area (Å²) < 4.78 is 3.69. The van der Waals surface area contributed by atoms with Crippen molar-refractivity contribution in [3.05, 3.63) is 27.4 Å². The topological polar surface area (TPSA) is 49.8 Å². The Bertz CT molecular complexity index is 660. The largest absolute Gasteiger partial charge is 0.354 e. The maximum atomic E-state index is 11.3. The molecule has 1 atom stereocenters. The Kier molecular flexibility index (Phi) is 2.56. The Morgan fingerprint density at radius 3 is 3.00 bits per heavy atom. The van der Waals surface area contributed by atoms with Crippen LogP contribution in [0.4, 0.5) is 0 Å². The minimum Gasteiger partial charge on any atom is -0.354 e. The molecule has 1 unspecified atom stereocenters. The Morgan fingerprint density at radius 1 is 1.47 bits per heavy atom. The quantitative estimate of drug-likeness (QED) is 0.795.